The summed E-state index contributed by atoms with van der Waals surface area (Å²) in [7, 11) is 0. The van der Waals surface area contributed by atoms with Crippen molar-refractivity contribution >= 4 is 11.9 Å². The Labute approximate surface area is 180 Å². The summed E-state index contributed by atoms with van der Waals surface area (Å²) in [6.45, 7) is 15.2. The molecule has 30 heavy (non-hydrogen) atoms. The number of carbonyl (C=O) groups excluding carboxylic acids is 2. The average Bonchev–Trinajstić information content (AvgIpc) is 2.86. The SMILES string of the molecule is CCC(C1=CCC(=C=O)C=C1)=C(C)C(=O)Oc1ccc2c(c1)C(C)(C)C(C)C2(C)C. The van der Waals surface area contributed by atoms with Crippen LogP contribution in [0.15, 0.2) is 58.7 Å². The summed E-state index contributed by atoms with van der Waals surface area (Å²) in [5.74, 6) is 2.67. The molecule has 3 rings (SSSR count). The Hall–Kier alpha value is -2.64. The molecule has 2 aliphatic rings. The number of allylic oxidation sites excluding steroid dienone is 6. The van der Waals surface area contributed by atoms with Crippen LogP contribution in [0.5, 0.6) is 5.75 Å². The number of hydrogen-bond donors (Lipinski definition) is 0. The molecule has 3 nitrogen and oxygen atoms in total. The van der Waals surface area contributed by atoms with Gasteiger partial charge in [0.05, 0.1) is 0 Å². The fraction of sp³-hybridized carbons (Fsp3) is 0.444. The summed E-state index contributed by atoms with van der Waals surface area (Å²) in [6, 6.07) is 6.06. The van der Waals surface area contributed by atoms with Gasteiger partial charge in [-0.2, -0.15) is 0 Å². The van der Waals surface area contributed by atoms with E-state index >= 15 is 0 Å². The van der Waals surface area contributed by atoms with Crippen molar-refractivity contribution in [2.45, 2.75) is 72.1 Å². The Morgan fingerprint density at radius 3 is 2.37 bits per heavy atom. The highest BCUT2D eigenvalue weighted by Crippen LogP contribution is 2.54. The Bertz CT molecular complexity index is 1020. The van der Waals surface area contributed by atoms with Gasteiger partial charge >= 0.3 is 5.97 Å². The largest absolute Gasteiger partial charge is 0.423 e. The van der Waals surface area contributed by atoms with E-state index in [-0.39, 0.29) is 16.8 Å². The molecule has 0 spiro atoms. The monoisotopic (exact) mass is 404 g/mol. The number of benzene rings is 1. The average molecular weight is 405 g/mol. The number of esters is 1. The normalized spacial score (nSPS) is 22.0. The Morgan fingerprint density at radius 1 is 1.13 bits per heavy atom. The molecule has 0 N–H and O–H groups in total. The summed E-state index contributed by atoms with van der Waals surface area (Å²) < 4.78 is 5.80. The first-order chi connectivity index (χ1) is 14.0. The minimum absolute atomic E-state index is 0.0161. The highest BCUT2D eigenvalue weighted by atomic mass is 16.5. The van der Waals surface area contributed by atoms with Crippen LogP contribution in [0.2, 0.25) is 0 Å². The van der Waals surface area contributed by atoms with E-state index in [2.05, 4.69) is 40.7 Å². The predicted octanol–water partition coefficient (Wildman–Crippen LogP) is 6.17. The number of carbonyl (C=O) groups is 1. The van der Waals surface area contributed by atoms with Crippen molar-refractivity contribution in [3.05, 3.63) is 69.8 Å². The molecule has 3 heteroatoms. The van der Waals surface area contributed by atoms with Gasteiger partial charge in [-0.15, -0.1) is 0 Å². The molecule has 0 aromatic heterocycles. The molecule has 0 saturated carbocycles. The van der Waals surface area contributed by atoms with Crippen LogP contribution in [-0.4, -0.2) is 11.9 Å². The van der Waals surface area contributed by atoms with Crippen LogP contribution >= 0.6 is 0 Å². The lowest BCUT2D eigenvalue weighted by molar-refractivity contribution is -0.130. The Morgan fingerprint density at radius 2 is 1.80 bits per heavy atom. The van der Waals surface area contributed by atoms with Gasteiger partial charge < -0.3 is 4.74 Å². The Kier molecular flexibility index (Phi) is 5.80. The second-order valence-corrected chi connectivity index (χ2v) is 9.54. The summed E-state index contributed by atoms with van der Waals surface area (Å²) in [5, 5.41) is 0. The molecule has 0 heterocycles. The second-order valence-electron chi connectivity index (χ2n) is 9.54. The highest BCUT2D eigenvalue weighted by molar-refractivity contribution is 5.91. The van der Waals surface area contributed by atoms with Crippen LogP contribution in [0.1, 0.15) is 72.4 Å². The topological polar surface area (TPSA) is 43.4 Å². The van der Waals surface area contributed by atoms with E-state index in [0.717, 1.165) is 11.1 Å². The molecule has 0 radical (unpaired) electrons. The molecule has 1 unspecified atom stereocenters. The third kappa shape index (κ3) is 3.63. The molecule has 0 amide bonds. The molecule has 158 valence electrons. The van der Waals surface area contributed by atoms with Gasteiger partial charge in [-0.3, -0.25) is 0 Å². The maximum Gasteiger partial charge on any atom is 0.339 e. The van der Waals surface area contributed by atoms with Crippen LogP contribution in [0, 0.1) is 5.92 Å². The standard InChI is InChI=1S/C27H32O3/c1-8-22(20-11-9-19(16-28)10-12-20)17(2)25(29)30-21-13-14-23-24(15-21)27(6,7)18(3)26(23,4)5/h9,11-15,18H,8,10H2,1-7H3. The first kappa shape index (κ1) is 22.1. The third-order valence-electron chi connectivity index (χ3n) is 7.35. The lowest BCUT2D eigenvalue weighted by atomic mass is 9.71. The Balaban J connectivity index is 1.89. The predicted molar refractivity (Wildman–Crippen MR) is 121 cm³/mol. The van der Waals surface area contributed by atoms with Crippen molar-refractivity contribution in [2.24, 2.45) is 5.92 Å². The van der Waals surface area contributed by atoms with Crippen molar-refractivity contribution in [1.82, 2.24) is 0 Å². The van der Waals surface area contributed by atoms with Crippen LogP contribution in [-0.2, 0) is 20.4 Å². The van der Waals surface area contributed by atoms with Gasteiger partial charge in [-0.1, -0.05) is 59.8 Å². The molecule has 0 fully saturated rings. The lowest BCUT2D eigenvalue weighted by Crippen LogP contribution is -2.30. The quantitative estimate of drug-likeness (QED) is 0.261. The summed E-state index contributed by atoms with van der Waals surface area (Å²) in [4.78, 5) is 23.7. The molecule has 0 saturated heterocycles. The van der Waals surface area contributed by atoms with E-state index in [1.165, 1.54) is 11.1 Å². The zero-order valence-electron chi connectivity index (χ0n) is 19.2. The van der Waals surface area contributed by atoms with Crippen LogP contribution in [0.25, 0.3) is 0 Å². The molecule has 1 atom stereocenters. The van der Waals surface area contributed by atoms with E-state index in [0.29, 0.717) is 35.7 Å². The van der Waals surface area contributed by atoms with Crippen LogP contribution in [0.4, 0.5) is 0 Å². The molecule has 0 aliphatic heterocycles. The van der Waals surface area contributed by atoms with Gasteiger partial charge in [-0.25, -0.2) is 9.59 Å². The van der Waals surface area contributed by atoms with E-state index < -0.39 is 0 Å². The van der Waals surface area contributed by atoms with Crippen molar-refractivity contribution in [3.63, 3.8) is 0 Å². The van der Waals surface area contributed by atoms with Gasteiger partial charge in [0.15, 0.2) is 0 Å². The van der Waals surface area contributed by atoms with Gasteiger partial charge in [0.2, 0.25) is 0 Å². The molecular formula is C27H32O3. The van der Waals surface area contributed by atoms with Crippen molar-refractivity contribution in [2.75, 3.05) is 0 Å². The first-order valence-electron chi connectivity index (χ1n) is 10.7. The third-order valence-corrected chi connectivity index (χ3v) is 7.35. The maximum absolute atomic E-state index is 12.9. The maximum atomic E-state index is 12.9. The van der Waals surface area contributed by atoms with E-state index in [1.807, 2.05) is 44.1 Å². The van der Waals surface area contributed by atoms with Gasteiger partial charge in [0.1, 0.15) is 11.7 Å². The number of fused-ring (bicyclic) bond motifs is 1. The van der Waals surface area contributed by atoms with Gasteiger partial charge in [0.25, 0.3) is 0 Å². The van der Waals surface area contributed by atoms with E-state index in [4.69, 9.17) is 4.74 Å². The van der Waals surface area contributed by atoms with Crippen LogP contribution in [0.3, 0.4) is 0 Å². The van der Waals surface area contributed by atoms with Crippen molar-refractivity contribution in [1.29, 1.82) is 0 Å². The molecule has 0 bridgehead atoms. The summed E-state index contributed by atoms with van der Waals surface area (Å²) >= 11 is 0. The number of ether oxygens (including phenoxy) is 1. The second kappa shape index (κ2) is 7.89. The fourth-order valence-electron chi connectivity index (χ4n) is 4.89. The fourth-order valence-corrected chi connectivity index (χ4v) is 4.89. The first-order valence-corrected chi connectivity index (χ1v) is 10.7. The van der Waals surface area contributed by atoms with Crippen LogP contribution < -0.4 is 4.74 Å². The molecule has 1 aromatic carbocycles. The zero-order chi connectivity index (χ0) is 22.3. The summed E-state index contributed by atoms with van der Waals surface area (Å²) in [5.41, 5.74) is 5.82. The molecule has 1 aromatic rings. The van der Waals surface area contributed by atoms with Gasteiger partial charge in [-0.05, 0) is 70.6 Å². The molecule has 2 aliphatic carbocycles. The number of rotatable bonds is 4. The van der Waals surface area contributed by atoms with Gasteiger partial charge in [0, 0.05) is 17.6 Å². The van der Waals surface area contributed by atoms with E-state index in [1.54, 1.807) is 6.08 Å². The highest BCUT2D eigenvalue weighted by Gasteiger charge is 2.48. The number of hydrogen-bond acceptors (Lipinski definition) is 3. The van der Waals surface area contributed by atoms with Crippen molar-refractivity contribution < 1.29 is 14.3 Å². The minimum atomic E-state index is -0.332. The van der Waals surface area contributed by atoms with Crippen molar-refractivity contribution in [3.8, 4) is 5.75 Å². The molecular weight excluding hydrogens is 372 g/mol. The summed E-state index contributed by atoms with van der Waals surface area (Å²) in [6.07, 6.45) is 6.86. The zero-order valence-corrected chi connectivity index (χ0v) is 19.2. The lowest BCUT2D eigenvalue weighted by Gasteiger charge is -2.32. The van der Waals surface area contributed by atoms with E-state index in [9.17, 15) is 9.59 Å². The minimum Gasteiger partial charge on any atom is -0.423 e. The smallest absolute Gasteiger partial charge is 0.339 e.